The molecule has 12 nitrogen and oxygen atoms in total. The molecule has 0 amide bonds. The Morgan fingerprint density at radius 3 is 2.60 bits per heavy atom. The lowest BCUT2D eigenvalue weighted by atomic mass is 10.1. The summed E-state index contributed by atoms with van der Waals surface area (Å²) in [4.78, 5) is 29.7. The zero-order chi connectivity index (χ0) is 22.4. The van der Waals surface area contributed by atoms with Gasteiger partial charge in [-0.25, -0.2) is 4.98 Å². The lowest BCUT2D eigenvalue weighted by Gasteiger charge is -2.23. The van der Waals surface area contributed by atoms with E-state index in [1.54, 1.807) is 7.05 Å². The van der Waals surface area contributed by atoms with E-state index in [9.17, 15) is 27.9 Å². The van der Waals surface area contributed by atoms with Gasteiger partial charge >= 0.3 is 13.8 Å². The van der Waals surface area contributed by atoms with Crippen molar-refractivity contribution in [3.05, 3.63) is 11.6 Å². The van der Waals surface area contributed by atoms with Crippen molar-refractivity contribution >= 4 is 36.2 Å². The van der Waals surface area contributed by atoms with E-state index in [4.69, 9.17) is 26.1 Å². The van der Waals surface area contributed by atoms with E-state index in [0.29, 0.717) is 0 Å². The van der Waals surface area contributed by atoms with E-state index in [1.165, 1.54) is 10.9 Å². The molecule has 1 aliphatic rings. The highest BCUT2D eigenvalue weighted by molar-refractivity contribution is 7.52. The van der Waals surface area contributed by atoms with E-state index in [2.05, 4.69) is 25.0 Å². The Balaban J connectivity index is 1.83. The predicted molar refractivity (Wildman–Crippen MR) is 93.6 cm³/mol. The number of rotatable bonds is 6. The molecule has 3 rings (SSSR count). The summed E-state index contributed by atoms with van der Waals surface area (Å²) in [5.41, 5.74) is 0.339. The molecule has 0 unspecified atom stereocenters. The van der Waals surface area contributed by atoms with Gasteiger partial charge in [-0.1, -0.05) is 0 Å². The van der Waals surface area contributed by atoms with E-state index >= 15 is 0 Å². The van der Waals surface area contributed by atoms with Gasteiger partial charge in [-0.3, -0.25) is 9.13 Å². The second kappa shape index (κ2) is 8.16. The number of nitrogens with zero attached hydrogens (tertiary/aromatic N) is 4. The Hall–Kier alpha value is -1.58. The molecule has 17 heteroatoms. The number of nitrogens with one attached hydrogen (secondary N) is 1. The normalized spacial score (nSPS) is 26.3. The fraction of sp³-hybridized carbons (Fsp3) is 0.615. The number of anilines is 1. The Morgan fingerprint density at radius 2 is 2.03 bits per heavy atom. The average molecular weight is 478 g/mol. The highest BCUT2D eigenvalue weighted by atomic mass is 35.5. The molecule has 0 radical (unpaired) electrons. The van der Waals surface area contributed by atoms with Crippen LogP contribution < -0.4 is 5.32 Å². The van der Waals surface area contributed by atoms with E-state index < -0.39 is 50.8 Å². The second-order valence-electron chi connectivity index (χ2n) is 6.28. The van der Waals surface area contributed by atoms with Gasteiger partial charge in [0.05, 0.1) is 12.9 Å². The molecule has 2 aromatic rings. The fourth-order valence-electron chi connectivity index (χ4n) is 2.92. The van der Waals surface area contributed by atoms with Gasteiger partial charge in [0.2, 0.25) is 5.28 Å². The van der Waals surface area contributed by atoms with Crippen LogP contribution in [0.1, 0.15) is 6.23 Å². The molecule has 3 heterocycles. The summed E-state index contributed by atoms with van der Waals surface area (Å²) in [6.07, 6.45) is -10.5. The van der Waals surface area contributed by atoms with Gasteiger partial charge in [-0.05, 0) is 11.6 Å². The number of imidazole rings is 1. The standard InChI is InChI=1S/C13H16ClF3N5O7P/c1-18-8-5-9(21-12(14)20-8)22(3-19-5)10-7(24)6(23)4(29-10)2-28-11(13(15,16)17)30(25,26)27/h3-4,6-7,10-11,23-24H,2H2,1H3,(H,18,20,21)(H2,25,26,27)/t4-,6+,7-,10-,11-/m1/s1. The van der Waals surface area contributed by atoms with E-state index in [-0.39, 0.29) is 22.3 Å². The zero-order valence-electron chi connectivity index (χ0n) is 14.9. The number of hydrogen-bond acceptors (Lipinski definition) is 9. The number of ether oxygens (including phenoxy) is 2. The van der Waals surface area contributed by atoms with Crippen molar-refractivity contribution in [2.24, 2.45) is 0 Å². The first kappa shape index (κ1) is 23.1. The third kappa shape index (κ3) is 4.38. The molecule has 0 bridgehead atoms. The topological polar surface area (TPSA) is 172 Å². The minimum absolute atomic E-state index is 0.0977. The molecule has 2 aromatic heterocycles. The van der Waals surface area contributed by atoms with Crippen molar-refractivity contribution in [3.63, 3.8) is 0 Å². The lowest BCUT2D eigenvalue weighted by Crippen LogP contribution is -2.38. The number of aliphatic hydroxyl groups is 2. The quantitative estimate of drug-likeness (QED) is 0.284. The Bertz CT molecular complexity index is 972. The summed E-state index contributed by atoms with van der Waals surface area (Å²) in [5, 5.41) is 23.0. The van der Waals surface area contributed by atoms with Gasteiger partial charge < -0.3 is 34.8 Å². The van der Waals surface area contributed by atoms with Gasteiger partial charge in [0.15, 0.2) is 23.2 Å². The summed E-state index contributed by atoms with van der Waals surface area (Å²) in [7, 11) is -4.15. The third-order valence-corrected chi connectivity index (χ3v) is 5.47. The highest BCUT2D eigenvalue weighted by Gasteiger charge is 2.53. The minimum atomic E-state index is -5.70. The van der Waals surface area contributed by atoms with E-state index in [0.717, 1.165) is 0 Å². The molecule has 0 aromatic carbocycles. The number of halogens is 4. The molecule has 5 atom stereocenters. The average Bonchev–Trinajstić information content (AvgIpc) is 3.14. The first-order valence-electron chi connectivity index (χ1n) is 8.17. The SMILES string of the molecule is CNc1nc(Cl)nc2c1ncn2[C@@H]1O[C@H](CO[C@@H](C(F)(F)F)P(=O)(O)O)[C@H](O)[C@H]1O. The predicted octanol–water partition coefficient (Wildman–Crippen LogP) is 0.223. The lowest BCUT2D eigenvalue weighted by molar-refractivity contribution is -0.206. The van der Waals surface area contributed by atoms with Crippen molar-refractivity contribution in [3.8, 4) is 0 Å². The monoisotopic (exact) mass is 477 g/mol. The largest absolute Gasteiger partial charge is 0.426 e. The number of hydrogen-bond donors (Lipinski definition) is 5. The summed E-state index contributed by atoms with van der Waals surface area (Å²) in [5.74, 6) is -3.15. The van der Waals surface area contributed by atoms with Gasteiger partial charge in [-0.2, -0.15) is 23.1 Å². The van der Waals surface area contributed by atoms with Gasteiger partial charge in [0, 0.05) is 7.05 Å². The number of fused-ring (bicyclic) bond motifs is 1. The molecule has 0 saturated carbocycles. The van der Waals surface area contributed by atoms with Crippen LogP contribution in [0.15, 0.2) is 6.33 Å². The molecule has 168 valence electrons. The second-order valence-corrected chi connectivity index (χ2v) is 8.26. The smallest absolute Gasteiger partial charge is 0.387 e. The summed E-state index contributed by atoms with van der Waals surface area (Å²) >= 11 is 5.85. The van der Waals surface area contributed by atoms with E-state index in [1.807, 2.05) is 0 Å². The van der Waals surface area contributed by atoms with Crippen LogP contribution >= 0.6 is 19.2 Å². The molecular formula is C13H16ClF3N5O7P. The first-order chi connectivity index (χ1) is 13.8. The number of aliphatic hydroxyl groups excluding tert-OH is 2. The Morgan fingerprint density at radius 1 is 1.37 bits per heavy atom. The molecule has 30 heavy (non-hydrogen) atoms. The fourth-order valence-corrected chi connectivity index (χ4v) is 3.74. The van der Waals surface area contributed by atoms with Crippen LogP contribution in [0.2, 0.25) is 5.28 Å². The molecule has 0 spiro atoms. The van der Waals surface area contributed by atoms with Crippen molar-refractivity contribution in [1.82, 2.24) is 19.5 Å². The summed E-state index contributed by atoms with van der Waals surface area (Å²) in [6.45, 7) is -1.06. The van der Waals surface area contributed by atoms with Crippen LogP contribution in [0.25, 0.3) is 11.2 Å². The Kier molecular flexibility index (Phi) is 6.28. The van der Waals surface area contributed by atoms with Crippen LogP contribution in [-0.4, -0.2) is 83.5 Å². The van der Waals surface area contributed by atoms with Crippen LogP contribution in [0.5, 0.6) is 0 Å². The maximum Gasteiger partial charge on any atom is 0.426 e. The summed E-state index contributed by atoms with van der Waals surface area (Å²) < 4.78 is 60.4. The minimum Gasteiger partial charge on any atom is -0.387 e. The van der Waals surface area contributed by atoms with Gasteiger partial charge in [0.25, 0.3) is 5.85 Å². The first-order valence-corrected chi connectivity index (χ1v) is 10.2. The summed E-state index contributed by atoms with van der Waals surface area (Å²) in [6, 6.07) is 0. The number of alkyl halides is 3. The number of aromatic nitrogens is 4. The molecule has 0 aliphatic carbocycles. The van der Waals surface area contributed by atoms with Crippen LogP contribution in [0, 0.1) is 0 Å². The van der Waals surface area contributed by atoms with Crippen LogP contribution in [0.3, 0.4) is 0 Å². The Labute approximate surface area is 170 Å². The van der Waals surface area contributed by atoms with Crippen molar-refractivity contribution in [2.45, 2.75) is 36.6 Å². The molecule has 5 N–H and O–H groups in total. The highest BCUT2D eigenvalue weighted by Crippen LogP contribution is 2.50. The molecule has 1 aliphatic heterocycles. The molecule has 1 saturated heterocycles. The third-order valence-electron chi connectivity index (χ3n) is 4.25. The zero-order valence-corrected chi connectivity index (χ0v) is 16.6. The maximum atomic E-state index is 12.8. The van der Waals surface area contributed by atoms with Crippen molar-refractivity contribution < 1.29 is 47.2 Å². The van der Waals surface area contributed by atoms with Gasteiger partial charge in [-0.15, -0.1) is 0 Å². The maximum absolute atomic E-state index is 12.8. The van der Waals surface area contributed by atoms with Crippen LogP contribution in [0.4, 0.5) is 19.0 Å². The van der Waals surface area contributed by atoms with Crippen LogP contribution in [-0.2, 0) is 14.0 Å². The van der Waals surface area contributed by atoms with Crippen molar-refractivity contribution in [1.29, 1.82) is 0 Å². The van der Waals surface area contributed by atoms with Crippen molar-refractivity contribution in [2.75, 3.05) is 19.0 Å². The molecule has 1 fully saturated rings. The molecular weight excluding hydrogens is 462 g/mol. The van der Waals surface area contributed by atoms with Gasteiger partial charge in [0.1, 0.15) is 18.3 Å².